The fourth-order valence-electron chi connectivity index (χ4n) is 1.02. The van der Waals surface area contributed by atoms with E-state index < -0.39 is 0 Å². The van der Waals surface area contributed by atoms with Crippen molar-refractivity contribution in [3.8, 4) is 0 Å². The average Bonchev–Trinajstić information content (AvgIpc) is 1.82. The van der Waals surface area contributed by atoms with E-state index in [0.29, 0.717) is 6.04 Å². The van der Waals surface area contributed by atoms with Crippen LogP contribution in [0.3, 0.4) is 0 Å². The first-order valence-corrected chi connectivity index (χ1v) is 3.98. The molecule has 1 rings (SSSR count). The first-order chi connectivity index (χ1) is 5.39. The van der Waals surface area contributed by atoms with Crippen molar-refractivity contribution in [2.24, 2.45) is 0 Å². The van der Waals surface area contributed by atoms with E-state index >= 15 is 0 Å². The van der Waals surface area contributed by atoms with Crippen molar-refractivity contribution in [3.63, 3.8) is 0 Å². The summed E-state index contributed by atoms with van der Waals surface area (Å²) in [6.07, 6.45) is 0. The summed E-state index contributed by atoms with van der Waals surface area (Å²) in [4.78, 5) is 0. The van der Waals surface area contributed by atoms with Crippen molar-refractivity contribution in [2.75, 3.05) is 0 Å². The van der Waals surface area contributed by atoms with Crippen molar-refractivity contribution in [2.45, 2.75) is 33.1 Å². The third kappa shape index (κ3) is 2.07. The molecule has 0 radical (unpaired) electrons. The van der Waals surface area contributed by atoms with Crippen LogP contribution in [0.5, 0.6) is 0 Å². The van der Waals surface area contributed by atoms with Crippen molar-refractivity contribution in [1.29, 1.82) is 0 Å². The second-order valence-electron chi connectivity index (χ2n) is 4.05. The Kier molecular flexibility index (Phi) is 1.69. The molecule has 0 aliphatic carbocycles. The maximum Gasteiger partial charge on any atom is 0.0623 e. The Morgan fingerprint density at radius 1 is 1.27 bits per heavy atom. The van der Waals surface area contributed by atoms with Crippen molar-refractivity contribution >= 4 is 0 Å². The summed E-state index contributed by atoms with van der Waals surface area (Å²) in [6, 6.07) is 6.58. The molecule has 11 heavy (non-hydrogen) atoms. The number of aryl methyl sites for hydroxylation is 1. The zero-order valence-corrected chi connectivity index (χ0v) is 7.73. The van der Waals surface area contributed by atoms with Gasteiger partial charge in [-0.25, -0.2) is 0 Å². The zero-order chi connectivity index (χ0) is 9.35. The third-order valence-electron chi connectivity index (χ3n) is 1.80. The number of rotatable bonds is 0. The lowest BCUT2D eigenvalue weighted by Gasteiger charge is -2.19. The summed E-state index contributed by atoms with van der Waals surface area (Å²) >= 11 is 0. The van der Waals surface area contributed by atoms with E-state index in [1.807, 2.05) is 19.1 Å². The molecular formula is C11H16. The molecule has 0 N–H and O–H groups in total. The van der Waals surface area contributed by atoms with E-state index in [2.05, 4.69) is 26.8 Å². The van der Waals surface area contributed by atoms with Gasteiger partial charge in [0.05, 0.1) is 1.37 Å². The van der Waals surface area contributed by atoms with Crippen LogP contribution in [-0.4, -0.2) is 0 Å². The molecule has 1 aromatic rings. The molecule has 0 heteroatoms. The maximum absolute atomic E-state index is 7.56. The largest absolute Gasteiger partial charge is 0.0623 e. The van der Waals surface area contributed by atoms with E-state index in [1.54, 1.807) is 0 Å². The summed E-state index contributed by atoms with van der Waals surface area (Å²) in [6.45, 7) is 8.54. The van der Waals surface area contributed by atoms with Crippen LogP contribution in [0.25, 0.3) is 0 Å². The van der Waals surface area contributed by atoms with Crippen LogP contribution < -0.4 is 0 Å². The summed E-state index contributed by atoms with van der Waals surface area (Å²) in [7, 11) is 0. The molecule has 0 atom stereocenters. The van der Waals surface area contributed by atoms with Crippen molar-refractivity contribution in [3.05, 3.63) is 35.4 Å². The molecule has 0 saturated heterocycles. The lowest BCUT2D eigenvalue weighted by molar-refractivity contribution is 0.590. The summed E-state index contributed by atoms with van der Waals surface area (Å²) in [5.74, 6) is 0. The Bertz CT molecular complexity index is 261. The molecule has 0 fully saturated rings. The summed E-state index contributed by atoms with van der Waals surface area (Å²) in [5, 5.41) is 0. The van der Waals surface area contributed by atoms with Crippen molar-refractivity contribution < 1.29 is 1.37 Å². The zero-order valence-electron chi connectivity index (χ0n) is 8.73. The van der Waals surface area contributed by atoms with Crippen LogP contribution in [0.4, 0.5) is 0 Å². The normalized spacial score (nSPS) is 12.9. The molecule has 1 aromatic carbocycles. The lowest BCUT2D eigenvalue weighted by atomic mass is 9.86. The Morgan fingerprint density at radius 2 is 1.91 bits per heavy atom. The molecule has 0 heterocycles. The van der Waals surface area contributed by atoms with Gasteiger partial charge in [-0.2, -0.15) is 0 Å². The fourth-order valence-corrected chi connectivity index (χ4v) is 1.02. The molecule has 0 spiro atoms. The molecular weight excluding hydrogens is 132 g/mol. The maximum atomic E-state index is 7.56. The van der Waals surface area contributed by atoms with Crippen LogP contribution in [0.2, 0.25) is 0 Å². The highest BCUT2D eigenvalue weighted by Crippen LogP contribution is 2.22. The van der Waals surface area contributed by atoms with Gasteiger partial charge in [0, 0.05) is 0 Å². The van der Waals surface area contributed by atoms with E-state index in [4.69, 9.17) is 1.37 Å². The minimum absolute atomic E-state index is 0.155. The Hall–Kier alpha value is -0.780. The number of benzene rings is 1. The molecule has 0 amide bonds. The molecule has 0 aliphatic heterocycles. The van der Waals surface area contributed by atoms with Crippen LogP contribution in [-0.2, 0) is 5.41 Å². The molecule has 60 valence electrons. The first kappa shape index (κ1) is 6.90. The third-order valence-corrected chi connectivity index (χ3v) is 1.80. The van der Waals surface area contributed by atoms with Gasteiger partial charge in [0.25, 0.3) is 0 Å². The van der Waals surface area contributed by atoms with Gasteiger partial charge in [0.15, 0.2) is 0 Å². The minimum Gasteiger partial charge on any atom is -0.0617 e. The van der Waals surface area contributed by atoms with E-state index in [-0.39, 0.29) is 5.41 Å². The Morgan fingerprint density at radius 3 is 2.36 bits per heavy atom. The van der Waals surface area contributed by atoms with Gasteiger partial charge < -0.3 is 0 Å². The predicted octanol–water partition coefficient (Wildman–Crippen LogP) is 3.29. The van der Waals surface area contributed by atoms with Gasteiger partial charge in [-0.05, 0) is 17.9 Å². The van der Waals surface area contributed by atoms with Crippen LogP contribution in [0.1, 0.15) is 33.3 Å². The summed E-state index contributed by atoms with van der Waals surface area (Å²) in [5.41, 5.74) is 2.57. The fraction of sp³-hybridized carbons (Fsp3) is 0.455. The molecule has 0 bridgehead atoms. The minimum atomic E-state index is 0.155. The topological polar surface area (TPSA) is 0 Å². The predicted molar refractivity (Wildman–Crippen MR) is 49.9 cm³/mol. The van der Waals surface area contributed by atoms with Gasteiger partial charge >= 0.3 is 0 Å². The number of hydrogen-bond acceptors (Lipinski definition) is 0. The summed E-state index contributed by atoms with van der Waals surface area (Å²) < 4.78 is 7.56. The lowest BCUT2D eigenvalue weighted by Crippen LogP contribution is -2.10. The van der Waals surface area contributed by atoms with Gasteiger partial charge in [-0.1, -0.05) is 50.6 Å². The highest BCUT2D eigenvalue weighted by Gasteiger charge is 2.12. The molecule has 0 aliphatic rings. The van der Waals surface area contributed by atoms with E-state index in [1.165, 1.54) is 11.1 Å². The van der Waals surface area contributed by atoms with Crippen molar-refractivity contribution in [1.82, 2.24) is 0 Å². The molecule has 0 aromatic heterocycles. The smallest absolute Gasteiger partial charge is 0.0617 e. The standard InChI is InChI=1S/C11H16/c1-9-6-5-7-10(8-9)11(2,3)4/h5-8H,1-4H3/i5D. The van der Waals surface area contributed by atoms with Gasteiger partial charge in [0.1, 0.15) is 0 Å². The molecule has 0 nitrogen and oxygen atoms in total. The van der Waals surface area contributed by atoms with Crippen LogP contribution >= 0.6 is 0 Å². The Balaban J connectivity index is 3.18. The van der Waals surface area contributed by atoms with E-state index in [0.717, 1.165) is 0 Å². The van der Waals surface area contributed by atoms with E-state index in [9.17, 15) is 0 Å². The van der Waals surface area contributed by atoms with Gasteiger partial charge in [-0.3, -0.25) is 0 Å². The van der Waals surface area contributed by atoms with Gasteiger partial charge in [0.2, 0.25) is 0 Å². The molecule has 0 unspecified atom stereocenters. The highest BCUT2D eigenvalue weighted by molar-refractivity contribution is 5.27. The molecule has 0 saturated carbocycles. The highest BCUT2D eigenvalue weighted by atomic mass is 14.2. The second-order valence-corrected chi connectivity index (χ2v) is 4.05. The van der Waals surface area contributed by atoms with Crippen LogP contribution in [0.15, 0.2) is 24.2 Å². The monoisotopic (exact) mass is 149 g/mol. The number of hydrogen-bond donors (Lipinski definition) is 0. The quantitative estimate of drug-likeness (QED) is 0.531. The SMILES string of the molecule is [2H]c1cc(C)cc(C(C)(C)C)c1. The Labute approximate surface area is 70.7 Å². The first-order valence-electron chi connectivity index (χ1n) is 4.48. The van der Waals surface area contributed by atoms with Gasteiger partial charge in [-0.15, -0.1) is 0 Å². The second kappa shape index (κ2) is 2.69. The average molecular weight is 149 g/mol. The van der Waals surface area contributed by atoms with Crippen LogP contribution in [0, 0.1) is 6.92 Å².